The van der Waals surface area contributed by atoms with Gasteiger partial charge in [-0.3, -0.25) is 0 Å². The van der Waals surface area contributed by atoms with Crippen LogP contribution in [0, 0.1) is 11.2 Å². The van der Waals surface area contributed by atoms with E-state index in [0.717, 1.165) is 6.54 Å². The summed E-state index contributed by atoms with van der Waals surface area (Å²) in [6.45, 7) is 3.26. The Balaban J connectivity index is 0. The van der Waals surface area contributed by atoms with Gasteiger partial charge >= 0.3 is 6.10 Å². The first-order valence-electron chi connectivity index (χ1n) is 2.65. The van der Waals surface area contributed by atoms with Gasteiger partial charge in [-0.2, -0.15) is 0 Å². The van der Waals surface area contributed by atoms with Gasteiger partial charge in [-0.05, 0) is 20.6 Å². The Morgan fingerprint density at radius 3 is 1.89 bits per heavy atom. The van der Waals surface area contributed by atoms with Crippen molar-refractivity contribution in [1.82, 2.24) is 4.90 Å². The van der Waals surface area contributed by atoms with E-state index in [-0.39, 0.29) is 0 Å². The van der Waals surface area contributed by atoms with Crippen LogP contribution in [0.2, 0.25) is 0 Å². The monoisotopic (exact) mass is 189 g/mol. The van der Waals surface area contributed by atoms with Crippen molar-refractivity contribution >= 4 is 21.9 Å². The Kier molecular flexibility index (Phi) is 14.2. The third-order valence-electron chi connectivity index (χ3n) is 0.681. The third-order valence-corrected chi connectivity index (χ3v) is 0.886. The predicted octanol–water partition coefficient (Wildman–Crippen LogP) is 1.05. The van der Waals surface area contributed by atoms with E-state index >= 15 is 0 Å². The van der Waals surface area contributed by atoms with Gasteiger partial charge in [0.25, 0.3) is 0 Å². The van der Waals surface area contributed by atoms with Crippen molar-refractivity contribution in [3.05, 3.63) is 0 Å². The van der Waals surface area contributed by atoms with Crippen LogP contribution in [0.25, 0.3) is 0 Å². The second-order valence-electron chi connectivity index (χ2n) is 1.63. The van der Waals surface area contributed by atoms with Crippen molar-refractivity contribution in [1.29, 1.82) is 5.26 Å². The molecule has 2 nitrogen and oxygen atoms in total. The molecule has 0 aliphatic rings. The smallest absolute Gasteiger partial charge is 0.310 e. The van der Waals surface area contributed by atoms with Gasteiger partial charge in [0.05, 0.1) is 0 Å². The lowest BCUT2D eigenvalue weighted by Crippen LogP contribution is -2.08. The maximum Gasteiger partial charge on any atom is 0.342 e. The summed E-state index contributed by atoms with van der Waals surface area (Å²) >= 11 is 2.76. The second-order valence-corrected chi connectivity index (χ2v) is 2.09. The maximum absolute atomic E-state index is 7.52. The van der Waals surface area contributed by atoms with Crippen LogP contribution in [-0.4, -0.2) is 31.6 Å². The summed E-state index contributed by atoms with van der Waals surface area (Å²) in [6.07, 6.45) is 1.24. The maximum atomic E-state index is 7.52. The Labute approximate surface area is 66.1 Å². The molecular formula is C5H11BBrN2. The second kappa shape index (κ2) is 10.9. The molecule has 0 saturated carbocycles. The zero-order valence-electron chi connectivity index (χ0n) is 6.06. The zero-order valence-corrected chi connectivity index (χ0v) is 7.64. The van der Waals surface area contributed by atoms with Crippen molar-refractivity contribution in [3.63, 3.8) is 0 Å². The minimum absolute atomic E-state index is 1.14. The topological polar surface area (TPSA) is 27.0 Å². The van der Waals surface area contributed by atoms with E-state index in [4.69, 9.17) is 5.26 Å². The van der Waals surface area contributed by atoms with Gasteiger partial charge in [0.1, 0.15) is 0 Å². The molecule has 0 fully saturated rings. The average Bonchev–Trinajstić information content (AvgIpc) is 1.89. The normalized spacial score (nSPS) is 7.11. The first-order chi connectivity index (χ1) is 4.18. The van der Waals surface area contributed by atoms with Gasteiger partial charge in [-0.15, -0.1) is 15.8 Å². The van der Waals surface area contributed by atoms with Gasteiger partial charge in [0.15, 0.2) is 0 Å². The number of halogens is 1. The van der Waals surface area contributed by atoms with Crippen LogP contribution in [0.15, 0.2) is 0 Å². The molecule has 0 N–H and O–H groups in total. The zero-order chi connectivity index (χ0) is 7.70. The Bertz CT molecular complexity index is 79.5. The fourth-order valence-electron chi connectivity index (χ4n) is 0. The summed E-state index contributed by atoms with van der Waals surface area (Å²) in [5.41, 5.74) is 0. The number of nitrogens with zero attached hydrogens (tertiary/aromatic N) is 2. The molecule has 51 valence electrons. The van der Waals surface area contributed by atoms with E-state index in [1.54, 1.807) is 5.97 Å². The fourth-order valence-corrected chi connectivity index (χ4v) is 0. The Hall–Kier alpha value is -0.00506. The van der Waals surface area contributed by atoms with Gasteiger partial charge in [-0.1, -0.05) is 6.92 Å². The lowest BCUT2D eigenvalue weighted by atomic mass is 10.2. The SMILES string of the molecule is CCN(C)C.N#C[B]Br. The molecule has 9 heavy (non-hydrogen) atoms. The van der Waals surface area contributed by atoms with Crippen LogP contribution in [0.4, 0.5) is 0 Å². The van der Waals surface area contributed by atoms with E-state index in [1.165, 1.54) is 6.10 Å². The molecule has 0 aromatic heterocycles. The third kappa shape index (κ3) is 32.0. The molecule has 0 unspecified atom stereocenters. The summed E-state index contributed by atoms with van der Waals surface area (Å²) in [4.78, 5) is 2.12. The van der Waals surface area contributed by atoms with Gasteiger partial charge in [0, 0.05) is 5.97 Å². The number of hydrogen-bond donors (Lipinski definition) is 0. The summed E-state index contributed by atoms with van der Waals surface area (Å²) in [6, 6.07) is 0. The average molecular weight is 190 g/mol. The van der Waals surface area contributed by atoms with Crippen LogP contribution in [0.3, 0.4) is 0 Å². The number of rotatable bonds is 1. The van der Waals surface area contributed by atoms with Crippen molar-refractivity contribution in [2.24, 2.45) is 0 Å². The Morgan fingerprint density at radius 2 is 1.89 bits per heavy atom. The molecule has 0 amide bonds. The van der Waals surface area contributed by atoms with E-state index in [9.17, 15) is 0 Å². The van der Waals surface area contributed by atoms with Crippen molar-refractivity contribution in [2.75, 3.05) is 20.6 Å². The molecule has 0 atom stereocenters. The summed E-state index contributed by atoms with van der Waals surface area (Å²) in [5.74, 6) is 1.72. The molecule has 0 rings (SSSR count). The highest BCUT2D eigenvalue weighted by molar-refractivity contribution is 9.23. The number of hydrogen-bond acceptors (Lipinski definition) is 2. The van der Waals surface area contributed by atoms with Gasteiger partial charge in [0.2, 0.25) is 0 Å². The molecule has 0 aliphatic heterocycles. The lowest BCUT2D eigenvalue weighted by Gasteiger charge is -2.00. The lowest BCUT2D eigenvalue weighted by molar-refractivity contribution is 0.434. The minimum Gasteiger partial charge on any atom is -0.310 e. The van der Waals surface area contributed by atoms with Crippen LogP contribution >= 0.6 is 15.8 Å². The fraction of sp³-hybridized carbons (Fsp3) is 0.800. The molecule has 0 spiro atoms. The standard InChI is InChI=1S/C4H11N.CBBrN/c1-4-5(2)3;3-2-1-4/h4H2,1-3H3;. The highest BCUT2D eigenvalue weighted by Crippen LogP contribution is 1.63. The van der Waals surface area contributed by atoms with Crippen LogP contribution in [0.5, 0.6) is 0 Å². The molecular weight excluding hydrogens is 179 g/mol. The summed E-state index contributed by atoms with van der Waals surface area (Å²) in [5, 5.41) is 7.52. The predicted molar refractivity (Wildman–Crippen MR) is 44.5 cm³/mol. The first kappa shape index (κ1) is 11.8. The minimum atomic E-state index is 1.14. The summed E-state index contributed by atoms with van der Waals surface area (Å²) in [7, 11) is 4.11. The van der Waals surface area contributed by atoms with Crippen LogP contribution in [0.1, 0.15) is 6.92 Å². The largest absolute Gasteiger partial charge is 0.342 e. The van der Waals surface area contributed by atoms with Crippen LogP contribution in [-0.2, 0) is 0 Å². The first-order valence-corrected chi connectivity index (χ1v) is 3.56. The molecule has 0 saturated heterocycles. The van der Waals surface area contributed by atoms with Crippen LogP contribution < -0.4 is 0 Å². The Morgan fingerprint density at radius 1 is 1.67 bits per heavy atom. The highest BCUT2D eigenvalue weighted by Gasteiger charge is 1.72. The quantitative estimate of drug-likeness (QED) is 0.577. The molecule has 0 aromatic rings. The van der Waals surface area contributed by atoms with E-state index in [0.29, 0.717) is 0 Å². The summed E-state index contributed by atoms with van der Waals surface area (Å²) < 4.78 is 0. The number of nitriles is 1. The molecule has 0 bridgehead atoms. The van der Waals surface area contributed by atoms with E-state index in [2.05, 4.69) is 41.7 Å². The van der Waals surface area contributed by atoms with E-state index in [1.807, 2.05) is 0 Å². The van der Waals surface area contributed by atoms with Gasteiger partial charge < -0.3 is 4.90 Å². The van der Waals surface area contributed by atoms with Crippen molar-refractivity contribution in [2.45, 2.75) is 6.92 Å². The molecule has 4 heteroatoms. The van der Waals surface area contributed by atoms with Crippen molar-refractivity contribution < 1.29 is 0 Å². The molecule has 1 radical (unpaired) electrons. The molecule has 0 aliphatic carbocycles. The van der Waals surface area contributed by atoms with Crippen molar-refractivity contribution in [3.8, 4) is 5.97 Å². The molecule has 0 aromatic carbocycles. The highest BCUT2D eigenvalue weighted by atomic mass is 79.9. The molecule has 0 heterocycles. The van der Waals surface area contributed by atoms with E-state index < -0.39 is 0 Å². The van der Waals surface area contributed by atoms with Gasteiger partial charge in [-0.25, -0.2) is 5.26 Å².